The minimum absolute atomic E-state index is 0.474. The molecule has 0 aliphatic heterocycles. The van der Waals surface area contributed by atoms with E-state index in [0.29, 0.717) is 0 Å². The van der Waals surface area contributed by atoms with E-state index in [1.807, 2.05) is 0 Å². The number of hydrogen-bond acceptors (Lipinski definition) is 1. The van der Waals surface area contributed by atoms with E-state index >= 15 is 0 Å². The first-order chi connectivity index (χ1) is 41.6. The maximum atomic E-state index is 2.39. The summed E-state index contributed by atoms with van der Waals surface area (Å²) in [6, 6.07) is 127. The van der Waals surface area contributed by atoms with Crippen LogP contribution in [0.15, 0.2) is 346 Å². The molecule has 0 amide bonds. The molecule has 0 aromatic heterocycles. The van der Waals surface area contributed by atoms with Gasteiger partial charge in [-0.05, 0) is 189 Å². The largest absolute Gasteiger partial charge is 0.311 e. The summed E-state index contributed by atoms with van der Waals surface area (Å²) in [5, 5.41) is 2.51. The highest BCUT2D eigenvalue weighted by Gasteiger charge is 2.46. The predicted molar refractivity (Wildman–Crippen MR) is 354 cm³/mol. The number of nitrogens with zero attached hydrogens (tertiary/aromatic N) is 1. The van der Waals surface area contributed by atoms with Gasteiger partial charge in [-0.25, -0.2) is 0 Å². The van der Waals surface area contributed by atoms with Gasteiger partial charge in [0.05, 0.1) is 5.41 Å². The van der Waals surface area contributed by atoms with Crippen LogP contribution in [0.1, 0.15) is 22.3 Å². The summed E-state index contributed by atoms with van der Waals surface area (Å²) in [5.41, 5.74) is 27.1. The second kappa shape index (κ2) is 21.6. The number of rotatable bonds is 12. The van der Waals surface area contributed by atoms with Crippen LogP contribution in [0.5, 0.6) is 0 Å². The van der Waals surface area contributed by atoms with Gasteiger partial charge in [-0.15, -0.1) is 0 Å². The van der Waals surface area contributed by atoms with Crippen LogP contribution in [-0.4, -0.2) is 0 Å². The Hall–Kier alpha value is -10.9. The van der Waals surface area contributed by atoms with Crippen molar-refractivity contribution in [3.8, 4) is 89.0 Å². The monoisotopic (exact) mass is 1070 g/mol. The number of hydrogen-bond donors (Lipinski definition) is 0. The maximum absolute atomic E-state index is 2.39. The smallest absolute Gasteiger partial charge is 0.0713 e. The van der Waals surface area contributed by atoms with Crippen LogP contribution in [-0.2, 0) is 5.41 Å². The second-order valence-corrected chi connectivity index (χ2v) is 22.0. The van der Waals surface area contributed by atoms with Gasteiger partial charge in [-0.3, -0.25) is 0 Å². The van der Waals surface area contributed by atoms with Gasteiger partial charge in [0.1, 0.15) is 0 Å². The van der Waals surface area contributed by atoms with E-state index in [1.54, 1.807) is 0 Å². The third-order valence-corrected chi connectivity index (χ3v) is 17.1. The van der Waals surface area contributed by atoms with Crippen LogP contribution in [0, 0.1) is 0 Å². The van der Waals surface area contributed by atoms with Crippen molar-refractivity contribution in [2.24, 2.45) is 0 Å². The van der Waals surface area contributed by atoms with Gasteiger partial charge in [0.2, 0.25) is 0 Å². The van der Waals surface area contributed by atoms with Crippen molar-refractivity contribution in [1.29, 1.82) is 0 Å². The molecule has 394 valence electrons. The molecular weight excluding hydrogens is 1010 g/mol. The van der Waals surface area contributed by atoms with Crippen molar-refractivity contribution >= 4 is 27.8 Å². The molecule has 1 nitrogen and oxygen atoms in total. The summed E-state index contributed by atoms with van der Waals surface area (Å²) in [4.78, 5) is 2.39. The van der Waals surface area contributed by atoms with Crippen molar-refractivity contribution in [2.75, 3.05) is 4.90 Å². The average molecular weight is 1070 g/mol. The fourth-order valence-corrected chi connectivity index (χ4v) is 13.1. The lowest BCUT2D eigenvalue weighted by molar-refractivity contribution is 0.768. The van der Waals surface area contributed by atoms with Crippen LogP contribution in [0.3, 0.4) is 0 Å². The van der Waals surface area contributed by atoms with E-state index in [9.17, 15) is 0 Å². The zero-order chi connectivity index (χ0) is 55.8. The minimum atomic E-state index is -0.474. The van der Waals surface area contributed by atoms with Crippen LogP contribution in [0.4, 0.5) is 17.1 Å². The Labute approximate surface area is 492 Å². The number of benzene rings is 14. The third kappa shape index (κ3) is 9.10. The Bertz CT molecular complexity index is 4550. The molecule has 0 atom stereocenters. The summed E-state index contributed by atoms with van der Waals surface area (Å²) < 4.78 is 0. The van der Waals surface area contributed by atoms with Crippen LogP contribution in [0.2, 0.25) is 0 Å². The Kier molecular flexibility index (Phi) is 12.9. The van der Waals surface area contributed by atoms with Crippen LogP contribution in [0.25, 0.3) is 99.8 Å². The van der Waals surface area contributed by atoms with Gasteiger partial charge >= 0.3 is 0 Å². The SMILES string of the molecule is c1ccc(-c2cc(-c3ccccc3)cc(-c3ccc(N(c4ccc(-c5ccc(-c6cccc(-c7ccc8ccccc8c7)c6)cc5)cc4)c4ccc(-c5cccc6c5-c5ccccc5C6(c5ccccc5)c5ccccc5)cc4)cc3)c2)cc1. The molecule has 0 unspecified atom stereocenters. The summed E-state index contributed by atoms with van der Waals surface area (Å²) in [5.74, 6) is 0. The average Bonchev–Trinajstić information content (AvgIpc) is 1.79. The molecule has 0 spiro atoms. The van der Waals surface area contributed by atoms with E-state index in [-0.39, 0.29) is 0 Å². The molecule has 0 saturated carbocycles. The standard InChI is InChI=1S/C83H57N/c1-5-19-58(20-6-1)70-55-71(59-21-7-2-8-22-59)57-72(56-70)64-43-49-76(50-44-64)84(75-47-41-62(42-48-75)61-35-37-63(38-36-61)67-25-17-26-68(53-67)69-40-39-60-23-13-14-24-66(60)54-69)77-51-45-65(46-52-77)78-32-18-34-81-82(78)79-31-15-16-33-80(79)83(81,73-27-9-3-10-28-73)74-29-11-4-12-30-74/h1-57H. The Balaban J connectivity index is 0.797. The molecule has 0 saturated heterocycles. The zero-order valence-corrected chi connectivity index (χ0v) is 46.4. The summed E-state index contributed by atoms with van der Waals surface area (Å²) >= 11 is 0. The quantitative estimate of drug-likeness (QED) is 0.118. The lowest BCUT2D eigenvalue weighted by Crippen LogP contribution is -2.28. The summed E-state index contributed by atoms with van der Waals surface area (Å²) in [6.07, 6.45) is 0. The Morgan fingerprint density at radius 2 is 0.524 bits per heavy atom. The molecular formula is C83H57N. The lowest BCUT2D eigenvalue weighted by atomic mass is 9.67. The van der Waals surface area contributed by atoms with Gasteiger partial charge < -0.3 is 4.90 Å². The van der Waals surface area contributed by atoms with E-state index in [4.69, 9.17) is 0 Å². The molecule has 0 heterocycles. The molecule has 1 aliphatic carbocycles. The molecule has 0 bridgehead atoms. The molecule has 15 rings (SSSR count). The van der Waals surface area contributed by atoms with E-state index < -0.39 is 5.41 Å². The van der Waals surface area contributed by atoms with Gasteiger partial charge in [0.25, 0.3) is 0 Å². The number of fused-ring (bicyclic) bond motifs is 4. The van der Waals surface area contributed by atoms with E-state index in [2.05, 4.69) is 351 Å². The first-order valence-corrected chi connectivity index (χ1v) is 29.0. The van der Waals surface area contributed by atoms with Crippen molar-refractivity contribution in [1.82, 2.24) is 0 Å². The van der Waals surface area contributed by atoms with Gasteiger partial charge in [0.15, 0.2) is 0 Å². The molecule has 0 fully saturated rings. The van der Waals surface area contributed by atoms with Crippen LogP contribution >= 0.6 is 0 Å². The first-order valence-electron chi connectivity index (χ1n) is 29.0. The highest BCUT2D eigenvalue weighted by atomic mass is 15.1. The van der Waals surface area contributed by atoms with Crippen molar-refractivity contribution in [3.63, 3.8) is 0 Å². The van der Waals surface area contributed by atoms with E-state index in [1.165, 1.54) is 111 Å². The lowest BCUT2D eigenvalue weighted by Gasteiger charge is -2.34. The van der Waals surface area contributed by atoms with Gasteiger partial charge in [-0.1, -0.05) is 279 Å². The summed E-state index contributed by atoms with van der Waals surface area (Å²) in [6.45, 7) is 0. The van der Waals surface area contributed by atoms with Crippen molar-refractivity contribution in [3.05, 3.63) is 368 Å². The molecule has 84 heavy (non-hydrogen) atoms. The molecule has 1 heteroatoms. The molecule has 0 radical (unpaired) electrons. The van der Waals surface area contributed by atoms with Gasteiger partial charge in [0, 0.05) is 17.1 Å². The fourth-order valence-electron chi connectivity index (χ4n) is 13.1. The van der Waals surface area contributed by atoms with Gasteiger partial charge in [-0.2, -0.15) is 0 Å². The molecule has 1 aliphatic rings. The fraction of sp³-hybridized carbons (Fsp3) is 0.0120. The third-order valence-electron chi connectivity index (χ3n) is 17.1. The molecule has 0 N–H and O–H groups in total. The minimum Gasteiger partial charge on any atom is -0.311 e. The highest BCUT2D eigenvalue weighted by molar-refractivity contribution is 5.96. The second-order valence-electron chi connectivity index (χ2n) is 22.0. The summed E-state index contributed by atoms with van der Waals surface area (Å²) in [7, 11) is 0. The van der Waals surface area contributed by atoms with E-state index in [0.717, 1.165) is 28.2 Å². The predicted octanol–water partition coefficient (Wildman–Crippen LogP) is 22.3. The number of anilines is 3. The van der Waals surface area contributed by atoms with Crippen molar-refractivity contribution in [2.45, 2.75) is 5.41 Å². The highest BCUT2D eigenvalue weighted by Crippen LogP contribution is 2.58. The zero-order valence-electron chi connectivity index (χ0n) is 46.4. The molecule has 14 aromatic rings. The molecule has 14 aromatic carbocycles. The maximum Gasteiger partial charge on any atom is 0.0713 e. The van der Waals surface area contributed by atoms with Crippen LogP contribution < -0.4 is 4.90 Å². The topological polar surface area (TPSA) is 3.24 Å². The normalized spacial score (nSPS) is 12.1. The Morgan fingerprint density at radius 3 is 1.07 bits per heavy atom. The van der Waals surface area contributed by atoms with Crippen molar-refractivity contribution < 1.29 is 0 Å². The Morgan fingerprint density at radius 1 is 0.190 bits per heavy atom. The first kappa shape index (κ1) is 50.1.